The fraction of sp³-hybridized carbons (Fsp3) is 0.333. The SMILES string of the molecule is O=C(CNCc1ccnc2ccccc12)NC1CC1. The molecule has 1 aromatic carbocycles. The lowest BCUT2D eigenvalue weighted by molar-refractivity contribution is -0.120. The molecule has 0 spiro atoms. The van der Waals surface area contributed by atoms with Gasteiger partial charge in [-0.15, -0.1) is 0 Å². The first-order chi connectivity index (χ1) is 9.33. The number of carbonyl (C=O) groups excluding carboxylic acids is 1. The zero-order chi connectivity index (χ0) is 13.1. The van der Waals surface area contributed by atoms with Gasteiger partial charge in [-0.3, -0.25) is 9.78 Å². The maximum atomic E-state index is 11.6. The molecule has 0 atom stereocenters. The number of nitrogens with zero attached hydrogens (tertiary/aromatic N) is 1. The number of hydrogen-bond acceptors (Lipinski definition) is 3. The highest BCUT2D eigenvalue weighted by Gasteiger charge is 2.22. The Morgan fingerprint density at radius 1 is 1.26 bits per heavy atom. The number of pyridine rings is 1. The molecule has 1 aromatic heterocycles. The molecule has 1 heterocycles. The molecule has 1 saturated carbocycles. The molecule has 19 heavy (non-hydrogen) atoms. The summed E-state index contributed by atoms with van der Waals surface area (Å²) in [4.78, 5) is 15.9. The Morgan fingerprint density at radius 2 is 2.11 bits per heavy atom. The largest absolute Gasteiger partial charge is 0.352 e. The molecule has 0 radical (unpaired) electrons. The van der Waals surface area contributed by atoms with Crippen LogP contribution in [0.5, 0.6) is 0 Å². The van der Waals surface area contributed by atoms with Gasteiger partial charge in [0.05, 0.1) is 12.1 Å². The van der Waals surface area contributed by atoms with Crippen molar-refractivity contribution in [2.75, 3.05) is 6.54 Å². The summed E-state index contributed by atoms with van der Waals surface area (Å²) in [5, 5.41) is 7.29. The predicted molar refractivity (Wildman–Crippen MR) is 74.6 cm³/mol. The van der Waals surface area contributed by atoms with E-state index in [9.17, 15) is 4.79 Å². The smallest absolute Gasteiger partial charge is 0.234 e. The Morgan fingerprint density at radius 3 is 2.95 bits per heavy atom. The van der Waals surface area contributed by atoms with Crippen LogP contribution in [-0.4, -0.2) is 23.5 Å². The van der Waals surface area contributed by atoms with Crippen LogP contribution in [0.2, 0.25) is 0 Å². The number of nitrogens with one attached hydrogen (secondary N) is 2. The topological polar surface area (TPSA) is 54.0 Å². The van der Waals surface area contributed by atoms with E-state index >= 15 is 0 Å². The number of aromatic nitrogens is 1. The third kappa shape index (κ3) is 3.09. The molecule has 1 fully saturated rings. The summed E-state index contributed by atoms with van der Waals surface area (Å²) in [5.74, 6) is 0.0841. The van der Waals surface area contributed by atoms with Gasteiger partial charge in [-0.2, -0.15) is 0 Å². The number of carbonyl (C=O) groups is 1. The molecule has 0 unspecified atom stereocenters. The Balaban J connectivity index is 1.60. The molecule has 0 aliphatic heterocycles. The van der Waals surface area contributed by atoms with Crippen LogP contribution in [0, 0.1) is 0 Å². The van der Waals surface area contributed by atoms with Gasteiger partial charge in [-0.1, -0.05) is 18.2 Å². The summed E-state index contributed by atoms with van der Waals surface area (Å²) in [6, 6.07) is 10.5. The Kier molecular flexibility index (Phi) is 3.42. The molecule has 1 amide bonds. The zero-order valence-corrected chi connectivity index (χ0v) is 10.7. The predicted octanol–water partition coefficient (Wildman–Crippen LogP) is 1.60. The van der Waals surface area contributed by atoms with Gasteiger partial charge < -0.3 is 10.6 Å². The second-order valence-electron chi connectivity index (χ2n) is 4.93. The van der Waals surface area contributed by atoms with Crippen molar-refractivity contribution >= 4 is 16.8 Å². The van der Waals surface area contributed by atoms with Crippen molar-refractivity contribution in [2.45, 2.75) is 25.4 Å². The van der Waals surface area contributed by atoms with Crippen LogP contribution < -0.4 is 10.6 Å². The van der Waals surface area contributed by atoms with Gasteiger partial charge in [0, 0.05) is 24.2 Å². The molecule has 1 aliphatic carbocycles. The average molecular weight is 255 g/mol. The summed E-state index contributed by atoms with van der Waals surface area (Å²) < 4.78 is 0. The normalized spacial score (nSPS) is 14.5. The molecular formula is C15H17N3O. The van der Waals surface area contributed by atoms with Gasteiger partial charge in [0.1, 0.15) is 0 Å². The average Bonchev–Trinajstić information content (AvgIpc) is 3.23. The Hall–Kier alpha value is -1.94. The lowest BCUT2D eigenvalue weighted by atomic mass is 10.1. The third-order valence-electron chi connectivity index (χ3n) is 3.28. The summed E-state index contributed by atoms with van der Waals surface area (Å²) in [6.07, 6.45) is 4.06. The Bertz CT molecular complexity index is 587. The zero-order valence-electron chi connectivity index (χ0n) is 10.7. The van der Waals surface area contributed by atoms with Crippen molar-refractivity contribution in [1.82, 2.24) is 15.6 Å². The molecule has 3 rings (SSSR count). The van der Waals surface area contributed by atoms with Crippen molar-refractivity contribution in [2.24, 2.45) is 0 Å². The van der Waals surface area contributed by atoms with Crippen molar-refractivity contribution in [1.29, 1.82) is 0 Å². The van der Waals surface area contributed by atoms with Crippen LogP contribution in [0.15, 0.2) is 36.5 Å². The molecular weight excluding hydrogens is 238 g/mol. The maximum absolute atomic E-state index is 11.6. The monoisotopic (exact) mass is 255 g/mol. The van der Waals surface area contributed by atoms with Crippen LogP contribution in [0.25, 0.3) is 10.9 Å². The lowest BCUT2D eigenvalue weighted by Crippen LogP contribution is -2.34. The summed E-state index contributed by atoms with van der Waals surface area (Å²) in [7, 11) is 0. The van der Waals surface area contributed by atoms with Gasteiger partial charge in [-0.25, -0.2) is 0 Å². The molecule has 4 heteroatoms. The number of hydrogen-bond donors (Lipinski definition) is 2. The number of fused-ring (bicyclic) bond motifs is 1. The first kappa shape index (κ1) is 12.1. The summed E-state index contributed by atoms with van der Waals surface area (Å²) >= 11 is 0. The Labute approximate surface area is 112 Å². The summed E-state index contributed by atoms with van der Waals surface area (Å²) in [5.41, 5.74) is 2.16. The second-order valence-corrected chi connectivity index (χ2v) is 4.93. The maximum Gasteiger partial charge on any atom is 0.234 e. The van der Waals surface area contributed by atoms with Gasteiger partial charge in [0.2, 0.25) is 5.91 Å². The van der Waals surface area contributed by atoms with E-state index in [1.54, 1.807) is 0 Å². The molecule has 1 aliphatic rings. The van der Waals surface area contributed by atoms with Crippen molar-refractivity contribution in [3.63, 3.8) is 0 Å². The van der Waals surface area contributed by atoms with Crippen LogP contribution in [0.4, 0.5) is 0 Å². The second kappa shape index (κ2) is 5.36. The number of para-hydroxylation sites is 1. The number of benzene rings is 1. The van der Waals surface area contributed by atoms with Gasteiger partial charge in [-0.05, 0) is 30.5 Å². The first-order valence-electron chi connectivity index (χ1n) is 6.65. The fourth-order valence-electron chi connectivity index (χ4n) is 2.13. The van der Waals surface area contributed by atoms with Crippen LogP contribution >= 0.6 is 0 Å². The minimum absolute atomic E-state index is 0.0841. The number of amides is 1. The van der Waals surface area contributed by atoms with Crippen LogP contribution in [-0.2, 0) is 11.3 Å². The van der Waals surface area contributed by atoms with Gasteiger partial charge in [0.25, 0.3) is 0 Å². The third-order valence-corrected chi connectivity index (χ3v) is 3.28. The van der Waals surface area contributed by atoms with E-state index in [-0.39, 0.29) is 5.91 Å². The van der Waals surface area contributed by atoms with E-state index < -0.39 is 0 Å². The van der Waals surface area contributed by atoms with E-state index in [4.69, 9.17) is 0 Å². The standard InChI is InChI=1S/C15H17N3O/c19-15(18-12-5-6-12)10-16-9-11-7-8-17-14-4-2-1-3-13(11)14/h1-4,7-8,12,16H,5-6,9-10H2,(H,18,19). The summed E-state index contributed by atoms with van der Waals surface area (Å²) in [6.45, 7) is 1.05. The minimum Gasteiger partial charge on any atom is -0.352 e. The van der Waals surface area contributed by atoms with Crippen molar-refractivity contribution in [3.8, 4) is 0 Å². The lowest BCUT2D eigenvalue weighted by Gasteiger charge is -2.08. The van der Waals surface area contributed by atoms with Crippen molar-refractivity contribution < 1.29 is 4.79 Å². The fourth-order valence-corrected chi connectivity index (χ4v) is 2.13. The molecule has 2 aromatic rings. The van der Waals surface area contributed by atoms with E-state index in [2.05, 4.69) is 21.7 Å². The van der Waals surface area contributed by atoms with E-state index in [0.29, 0.717) is 19.1 Å². The van der Waals surface area contributed by atoms with E-state index in [1.807, 2.05) is 30.5 Å². The van der Waals surface area contributed by atoms with E-state index in [1.165, 1.54) is 5.56 Å². The molecule has 0 saturated heterocycles. The highest BCUT2D eigenvalue weighted by atomic mass is 16.2. The quantitative estimate of drug-likeness (QED) is 0.853. The highest BCUT2D eigenvalue weighted by molar-refractivity contribution is 5.82. The molecule has 4 nitrogen and oxygen atoms in total. The molecule has 98 valence electrons. The van der Waals surface area contributed by atoms with Gasteiger partial charge >= 0.3 is 0 Å². The number of rotatable bonds is 5. The van der Waals surface area contributed by atoms with Crippen molar-refractivity contribution in [3.05, 3.63) is 42.1 Å². The van der Waals surface area contributed by atoms with Crippen LogP contribution in [0.1, 0.15) is 18.4 Å². The van der Waals surface area contributed by atoms with Crippen LogP contribution in [0.3, 0.4) is 0 Å². The molecule has 0 bridgehead atoms. The molecule has 2 N–H and O–H groups in total. The van der Waals surface area contributed by atoms with E-state index in [0.717, 1.165) is 23.7 Å². The first-order valence-corrected chi connectivity index (χ1v) is 6.65. The van der Waals surface area contributed by atoms with Gasteiger partial charge in [0.15, 0.2) is 0 Å². The highest BCUT2D eigenvalue weighted by Crippen LogP contribution is 2.18. The minimum atomic E-state index is 0.0841.